The van der Waals surface area contributed by atoms with Gasteiger partial charge in [0.05, 0.1) is 0 Å². The molecule has 0 aromatic carbocycles. The maximum absolute atomic E-state index is 4.28. The Morgan fingerprint density at radius 1 is 1.45 bits per heavy atom. The first-order chi connectivity index (χ1) is 5.36. The van der Waals surface area contributed by atoms with Gasteiger partial charge in [0.2, 0.25) is 0 Å². The summed E-state index contributed by atoms with van der Waals surface area (Å²) in [7, 11) is 1.94. The van der Waals surface area contributed by atoms with Crippen LogP contribution in [0.1, 0.15) is 18.2 Å². The van der Waals surface area contributed by atoms with Crippen LogP contribution in [0, 0.1) is 0 Å². The highest BCUT2D eigenvalue weighted by atomic mass is 14.8. The molecular formula is C9H14N2. The number of hydrogen-bond acceptors (Lipinski definition) is 2. The molecule has 0 unspecified atom stereocenters. The molecule has 0 radical (unpaired) electrons. The third-order valence-electron chi connectivity index (χ3n) is 1.63. The highest BCUT2D eigenvalue weighted by Gasteiger charge is 1.91. The van der Waals surface area contributed by atoms with E-state index in [0.29, 0.717) is 0 Å². The molecule has 11 heavy (non-hydrogen) atoms. The standard InChI is InChI=1S/C9H14N2/c1-3-9-5-4-8(6-10-2)7-11-9/h4-5,7,10H,3,6H2,1-2H3. The molecule has 60 valence electrons. The van der Waals surface area contributed by atoms with E-state index in [4.69, 9.17) is 0 Å². The Kier molecular flexibility index (Phi) is 3.05. The van der Waals surface area contributed by atoms with Crippen molar-refractivity contribution in [3.63, 3.8) is 0 Å². The molecule has 1 aromatic rings. The first-order valence-electron chi connectivity index (χ1n) is 3.95. The summed E-state index contributed by atoms with van der Waals surface area (Å²) in [4.78, 5) is 4.28. The number of hydrogen-bond donors (Lipinski definition) is 1. The van der Waals surface area contributed by atoms with E-state index in [0.717, 1.165) is 18.7 Å². The van der Waals surface area contributed by atoms with E-state index >= 15 is 0 Å². The second kappa shape index (κ2) is 4.09. The van der Waals surface area contributed by atoms with Crippen LogP contribution >= 0.6 is 0 Å². The lowest BCUT2D eigenvalue weighted by Crippen LogP contribution is -2.05. The lowest BCUT2D eigenvalue weighted by Gasteiger charge is -1.99. The first-order valence-corrected chi connectivity index (χ1v) is 3.95. The molecule has 0 aliphatic rings. The molecule has 0 bridgehead atoms. The zero-order chi connectivity index (χ0) is 8.10. The molecule has 1 rings (SSSR count). The number of pyridine rings is 1. The first kappa shape index (κ1) is 8.21. The molecule has 1 aromatic heterocycles. The predicted molar refractivity (Wildman–Crippen MR) is 46.4 cm³/mol. The summed E-state index contributed by atoms with van der Waals surface area (Å²) < 4.78 is 0. The molecule has 0 saturated heterocycles. The molecule has 1 N–H and O–H groups in total. The van der Waals surface area contributed by atoms with Crippen LogP contribution in [-0.4, -0.2) is 12.0 Å². The van der Waals surface area contributed by atoms with Crippen LogP contribution in [0.4, 0.5) is 0 Å². The van der Waals surface area contributed by atoms with E-state index in [2.05, 4.69) is 29.4 Å². The molecule has 2 heteroatoms. The van der Waals surface area contributed by atoms with Crippen LogP contribution in [0.3, 0.4) is 0 Å². The van der Waals surface area contributed by atoms with Crippen molar-refractivity contribution in [3.05, 3.63) is 29.6 Å². The average Bonchev–Trinajstić information content (AvgIpc) is 2.07. The number of aromatic nitrogens is 1. The maximum atomic E-state index is 4.28. The molecule has 0 aliphatic carbocycles. The smallest absolute Gasteiger partial charge is 0.0401 e. The van der Waals surface area contributed by atoms with Gasteiger partial charge in [0.25, 0.3) is 0 Å². The quantitative estimate of drug-likeness (QED) is 0.703. The second-order valence-electron chi connectivity index (χ2n) is 2.54. The molecule has 0 fully saturated rings. The van der Waals surface area contributed by atoms with Crippen LogP contribution in [0.25, 0.3) is 0 Å². The van der Waals surface area contributed by atoms with Gasteiger partial charge in [0.1, 0.15) is 0 Å². The lowest BCUT2D eigenvalue weighted by molar-refractivity contribution is 0.810. The molecule has 0 spiro atoms. The second-order valence-corrected chi connectivity index (χ2v) is 2.54. The van der Waals surface area contributed by atoms with Gasteiger partial charge in [-0.15, -0.1) is 0 Å². The molecular weight excluding hydrogens is 136 g/mol. The van der Waals surface area contributed by atoms with Gasteiger partial charge in [0.15, 0.2) is 0 Å². The van der Waals surface area contributed by atoms with Crippen molar-refractivity contribution in [2.45, 2.75) is 19.9 Å². The van der Waals surface area contributed by atoms with E-state index in [-0.39, 0.29) is 0 Å². The van der Waals surface area contributed by atoms with Gasteiger partial charge in [-0.05, 0) is 25.1 Å². The lowest BCUT2D eigenvalue weighted by atomic mass is 10.2. The van der Waals surface area contributed by atoms with Gasteiger partial charge in [-0.25, -0.2) is 0 Å². The fourth-order valence-electron chi connectivity index (χ4n) is 0.973. The summed E-state index contributed by atoms with van der Waals surface area (Å²) in [5.41, 5.74) is 2.40. The van der Waals surface area contributed by atoms with Gasteiger partial charge in [-0.3, -0.25) is 4.98 Å². The molecule has 0 amide bonds. The van der Waals surface area contributed by atoms with E-state index in [1.807, 2.05) is 13.2 Å². The van der Waals surface area contributed by atoms with E-state index < -0.39 is 0 Å². The van der Waals surface area contributed by atoms with Crippen molar-refractivity contribution in [2.75, 3.05) is 7.05 Å². The fraction of sp³-hybridized carbons (Fsp3) is 0.444. The Hall–Kier alpha value is -0.890. The average molecular weight is 150 g/mol. The Morgan fingerprint density at radius 3 is 2.73 bits per heavy atom. The van der Waals surface area contributed by atoms with E-state index in [1.54, 1.807) is 0 Å². The van der Waals surface area contributed by atoms with Crippen molar-refractivity contribution in [1.29, 1.82) is 0 Å². The Balaban J connectivity index is 2.66. The minimum absolute atomic E-state index is 0.900. The van der Waals surface area contributed by atoms with Gasteiger partial charge in [-0.2, -0.15) is 0 Å². The topological polar surface area (TPSA) is 24.9 Å². The van der Waals surface area contributed by atoms with Crippen molar-refractivity contribution < 1.29 is 0 Å². The van der Waals surface area contributed by atoms with Gasteiger partial charge >= 0.3 is 0 Å². The maximum Gasteiger partial charge on any atom is 0.0401 e. The van der Waals surface area contributed by atoms with Crippen molar-refractivity contribution in [1.82, 2.24) is 10.3 Å². The zero-order valence-electron chi connectivity index (χ0n) is 7.09. The predicted octanol–water partition coefficient (Wildman–Crippen LogP) is 1.36. The third-order valence-corrected chi connectivity index (χ3v) is 1.63. The summed E-state index contributed by atoms with van der Waals surface area (Å²) in [5, 5.41) is 3.08. The van der Waals surface area contributed by atoms with Gasteiger partial charge < -0.3 is 5.32 Å². The minimum atomic E-state index is 0.900. The van der Waals surface area contributed by atoms with Gasteiger partial charge in [0, 0.05) is 18.4 Å². The molecule has 2 nitrogen and oxygen atoms in total. The minimum Gasteiger partial charge on any atom is -0.316 e. The number of aryl methyl sites for hydroxylation is 1. The van der Waals surface area contributed by atoms with Crippen molar-refractivity contribution >= 4 is 0 Å². The Morgan fingerprint density at radius 2 is 2.27 bits per heavy atom. The molecule has 0 aliphatic heterocycles. The highest BCUT2D eigenvalue weighted by Crippen LogP contribution is 1.99. The monoisotopic (exact) mass is 150 g/mol. The summed E-state index contributed by atoms with van der Waals surface area (Å²) in [6.45, 7) is 3.01. The number of rotatable bonds is 3. The molecule has 0 saturated carbocycles. The SMILES string of the molecule is CCc1ccc(CNC)cn1. The highest BCUT2D eigenvalue weighted by molar-refractivity contribution is 5.13. The summed E-state index contributed by atoms with van der Waals surface area (Å²) in [6.07, 6.45) is 2.94. The van der Waals surface area contributed by atoms with Crippen molar-refractivity contribution in [3.8, 4) is 0 Å². The third kappa shape index (κ3) is 2.31. The molecule has 1 heterocycles. The summed E-state index contributed by atoms with van der Waals surface area (Å²) in [5.74, 6) is 0. The van der Waals surface area contributed by atoms with Crippen LogP contribution in [0.5, 0.6) is 0 Å². The Bertz CT molecular complexity index is 203. The van der Waals surface area contributed by atoms with Crippen LogP contribution in [-0.2, 0) is 13.0 Å². The van der Waals surface area contributed by atoms with Crippen LogP contribution in [0.15, 0.2) is 18.3 Å². The Labute approximate surface area is 67.7 Å². The number of nitrogens with zero attached hydrogens (tertiary/aromatic N) is 1. The van der Waals surface area contributed by atoms with E-state index in [1.165, 1.54) is 5.56 Å². The normalized spacial score (nSPS) is 10.0. The van der Waals surface area contributed by atoms with Gasteiger partial charge in [-0.1, -0.05) is 13.0 Å². The zero-order valence-corrected chi connectivity index (χ0v) is 7.09. The fourth-order valence-corrected chi connectivity index (χ4v) is 0.973. The van der Waals surface area contributed by atoms with Crippen molar-refractivity contribution in [2.24, 2.45) is 0 Å². The largest absolute Gasteiger partial charge is 0.316 e. The molecule has 0 atom stereocenters. The van der Waals surface area contributed by atoms with E-state index in [9.17, 15) is 0 Å². The number of nitrogens with one attached hydrogen (secondary N) is 1. The van der Waals surface area contributed by atoms with Crippen LogP contribution in [0.2, 0.25) is 0 Å². The summed E-state index contributed by atoms with van der Waals surface area (Å²) in [6, 6.07) is 4.19. The van der Waals surface area contributed by atoms with Crippen LogP contribution < -0.4 is 5.32 Å². The summed E-state index contributed by atoms with van der Waals surface area (Å²) >= 11 is 0.